The number of hydrogen-bond acceptors (Lipinski definition) is 5. The molecular weight excluding hydrogens is 242 g/mol. The average molecular weight is 259 g/mol. The first kappa shape index (κ1) is 13.3. The lowest BCUT2D eigenvalue weighted by atomic mass is 10.0. The zero-order chi connectivity index (χ0) is 13.7. The second-order valence-electron chi connectivity index (χ2n) is 4.00. The van der Waals surface area contributed by atoms with Gasteiger partial charge < -0.3 is 14.8 Å². The lowest BCUT2D eigenvalue weighted by molar-refractivity contribution is 0.390. The number of methoxy groups -OCH3 is 2. The summed E-state index contributed by atoms with van der Waals surface area (Å²) in [5.41, 5.74) is 1.94. The Kier molecular flexibility index (Phi) is 4.30. The van der Waals surface area contributed by atoms with Crippen LogP contribution in [0.2, 0.25) is 0 Å². The molecule has 19 heavy (non-hydrogen) atoms. The molecule has 5 nitrogen and oxygen atoms in total. The van der Waals surface area contributed by atoms with E-state index in [1.807, 2.05) is 37.4 Å². The van der Waals surface area contributed by atoms with Gasteiger partial charge in [0.1, 0.15) is 5.75 Å². The number of benzene rings is 1. The standard InChI is InChI=1S/C14H17N3O2/c1-15-14(10-4-6-11(18-2)7-5-10)12-8-9-13(19-3)17-16-12/h4-9,14-15H,1-3H3. The van der Waals surface area contributed by atoms with Crippen LogP contribution in [0.25, 0.3) is 0 Å². The fourth-order valence-electron chi connectivity index (χ4n) is 1.87. The van der Waals surface area contributed by atoms with Crippen LogP contribution in [0.1, 0.15) is 17.3 Å². The number of nitrogens with one attached hydrogen (secondary N) is 1. The Morgan fingerprint density at radius 3 is 2.16 bits per heavy atom. The zero-order valence-electron chi connectivity index (χ0n) is 11.3. The number of ether oxygens (including phenoxy) is 2. The summed E-state index contributed by atoms with van der Waals surface area (Å²) in [5, 5.41) is 11.4. The predicted molar refractivity (Wildman–Crippen MR) is 72.5 cm³/mol. The topological polar surface area (TPSA) is 56.3 Å². The van der Waals surface area contributed by atoms with E-state index in [1.165, 1.54) is 0 Å². The second-order valence-corrected chi connectivity index (χ2v) is 4.00. The van der Waals surface area contributed by atoms with Crippen LogP contribution in [-0.2, 0) is 0 Å². The highest BCUT2D eigenvalue weighted by atomic mass is 16.5. The van der Waals surface area contributed by atoms with Crippen molar-refractivity contribution in [3.8, 4) is 11.6 Å². The summed E-state index contributed by atoms with van der Waals surface area (Å²) in [5.74, 6) is 1.34. The summed E-state index contributed by atoms with van der Waals surface area (Å²) in [7, 11) is 5.11. The van der Waals surface area contributed by atoms with Crippen LogP contribution < -0.4 is 14.8 Å². The van der Waals surface area contributed by atoms with Crippen molar-refractivity contribution in [2.24, 2.45) is 0 Å². The van der Waals surface area contributed by atoms with Gasteiger partial charge in [0.05, 0.1) is 26.0 Å². The molecule has 1 aromatic carbocycles. The molecule has 0 aliphatic carbocycles. The number of aromatic nitrogens is 2. The molecule has 0 fully saturated rings. The van der Waals surface area contributed by atoms with Gasteiger partial charge in [-0.15, -0.1) is 10.2 Å². The molecule has 1 aromatic heterocycles. The van der Waals surface area contributed by atoms with Crippen molar-refractivity contribution >= 4 is 0 Å². The fourth-order valence-corrected chi connectivity index (χ4v) is 1.87. The van der Waals surface area contributed by atoms with E-state index >= 15 is 0 Å². The number of nitrogens with zero attached hydrogens (tertiary/aromatic N) is 2. The van der Waals surface area contributed by atoms with Crippen molar-refractivity contribution in [3.05, 3.63) is 47.7 Å². The van der Waals surface area contributed by atoms with E-state index in [2.05, 4.69) is 15.5 Å². The molecule has 0 spiro atoms. The third-order valence-electron chi connectivity index (χ3n) is 2.90. The van der Waals surface area contributed by atoms with Gasteiger partial charge in [-0.05, 0) is 30.8 Å². The number of hydrogen-bond donors (Lipinski definition) is 1. The zero-order valence-corrected chi connectivity index (χ0v) is 11.3. The van der Waals surface area contributed by atoms with E-state index in [9.17, 15) is 0 Å². The normalized spacial score (nSPS) is 11.9. The quantitative estimate of drug-likeness (QED) is 0.887. The van der Waals surface area contributed by atoms with Gasteiger partial charge in [0.15, 0.2) is 0 Å². The first-order valence-electron chi connectivity index (χ1n) is 5.97. The molecule has 2 rings (SSSR count). The second kappa shape index (κ2) is 6.15. The largest absolute Gasteiger partial charge is 0.497 e. The van der Waals surface area contributed by atoms with E-state index < -0.39 is 0 Å². The van der Waals surface area contributed by atoms with Gasteiger partial charge in [-0.3, -0.25) is 0 Å². The van der Waals surface area contributed by atoms with Crippen LogP contribution in [-0.4, -0.2) is 31.5 Å². The minimum atomic E-state index is -0.00990. The summed E-state index contributed by atoms with van der Waals surface area (Å²) in [6.07, 6.45) is 0. The van der Waals surface area contributed by atoms with Gasteiger partial charge in [0.2, 0.25) is 5.88 Å². The van der Waals surface area contributed by atoms with E-state index in [4.69, 9.17) is 9.47 Å². The van der Waals surface area contributed by atoms with Gasteiger partial charge in [0, 0.05) is 6.07 Å². The van der Waals surface area contributed by atoms with Gasteiger partial charge in [-0.25, -0.2) is 0 Å². The summed E-state index contributed by atoms with van der Waals surface area (Å²) in [6.45, 7) is 0. The molecule has 0 aliphatic heterocycles. The molecule has 0 aliphatic rings. The molecule has 5 heteroatoms. The third kappa shape index (κ3) is 3.00. The summed E-state index contributed by atoms with van der Waals surface area (Å²) in [6, 6.07) is 11.6. The molecule has 0 saturated heterocycles. The molecule has 0 saturated carbocycles. The van der Waals surface area contributed by atoms with Crippen molar-refractivity contribution < 1.29 is 9.47 Å². The Morgan fingerprint density at radius 1 is 0.947 bits per heavy atom. The Balaban J connectivity index is 2.26. The first-order valence-corrected chi connectivity index (χ1v) is 5.97. The molecular formula is C14H17N3O2. The Morgan fingerprint density at radius 2 is 1.68 bits per heavy atom. The Bertz CT molecular complexity index is 464. The maximum atomic E-state index is 5.15. The van der Waals surface area contributed by atoms with Crippen LogP contribution in [0.5, 0.6) is 11.6 Å². The SMILES string of the molecule is CNC(c1ccc(OC)cc1)c1ccc(OC)nn1. The predicted octanol–water partition coefficient (Wildman–Crippen LogP) is 1.80. The summed E-state index contributed by atoms with van der Waals surface area (Å²) < 4.78 is 10.2. The van der Waals surface area contributed by atoms with E-state index in [0.717, 1.165) is 17.0 Å². The van der Waals surface area contributed by atoms with Crippen molar-refractivity contribution in [1.29, 1.82) is 0 Å². The molecule has 1 N–H and O–H groups in total. The molecule has 0 amide bonds. The molecule has 100 valence electrons. The Labute approximate surface area is 112 Å². The van der Waals surface area contributed by atoms with Crippen molar-refractivity contribution in [3.63, 3.8) is 0 Å². The molecule has 1 unspecified atom stereocenters. The van der Waals surface area contributed by atoms with Gasteiger partial charge in [0.25, 0.3) is 0 Å². The first-order chi connectivity index (χ1) is 9.28. The minimum Gasteiger partial charge on any atom is -0.497 e. The maximum absolute atomic E-state index is 5.15. The van der Waals surface area contributed by atoms with Crippen LogP contribution in [0, 0.1) is 0 Å². The van der Waals surface area contributed by atoms with Gasteiger partial charge in [-0.2, -0.15) is 0 Å². The summed E-state index contributed by atoms with van der Waals surface area (Å²) in [4.78, 5) is 0. The fraction of sp³-hybridized carbons (Fsp3) is 0.286. The lowest BCUT2D eigenvalue weighted by Gasteiger charge is -2.16. The van der Waals surface area contributed by atoms with Crippen molar-refractivity contribution in [2.75, 3.05) is 21.3 Å². The highest BCUT2D eigenvalue weighted by molar-refractivity contribution is 5.33. The third-order valence-corrected chi connectivity index (χ3v) is 2.90. The van der Waals surface area contributed by atoms with E-state index in [0.29, 0.717) is 5.88 Å². The van der Waals surface area contributed by atoms with E-state index in [-0.39, 0.29) is 6.04 Å². The monoisotopic (exact) mass is 259 g/mol. The van der Waals surface area contributed by atoms with Crippen molar-refractivity contribution in [1.82, 2.24) is 15.5 Å². The molecule has 1 atom stereocenters. The Hall–Kier alpha value is -2.14. The molecule has 0 bridgehead atoms. The van der Waals surface area contributed by atoms with Crippen LogP contribution in [0.3, 0.4) is 0 Å². The van der Waals surface area contributed by atoms with Crippen LogP contribution in [0.4, 0.5) is 0 Å². The van der Waals surface area contributed by atoms with E-state index in [1.54, 1.807) is 20.3 Å². The molecule has 1 heterocycles. The van der Waals surface area contributed by atoms with Crippen LogP contribution >= 0.6 is 0 Å². The van der Waals surface area contributed by atoms with Crippen molar-refractivity contribution in [2.45, 2.75) is 6.04 Å². The maximum Gasteiger partial charge on any atom is 0.233 e. The molecule has 0 radical (unpaired) electrons. The molecule has 2 aromatic rings. The average Bonchev–Trinajstić information content (AvgIpc) is 2.49. The minimum absolute atomic E-state index is 0.00990. The summed E-state index contributed by atoms with van der Waals surface area (Å²) >= 11 is 0. The highest BCUT2D eigenvalue weighted by Crippen LogP contribution is 2.22. The van der Waals surface area contributed by atoms with Gasteiger partial charge >= 0.3 is 0 Å². The number of rotatable bonds is 5. The van der Waals surface area contributed by atoms with Gasteiger partial charge in [-0.1, -0.05) is 12.1 Å². The smallest absolute Gasteiger partial charge is 0.233 e. The lowest BCUT2D eigenvalue weighted by Crippen LogP contribution is -2.19. The van der Waals surface area contributed by atoms with Crippen LogP contribution in [0.15, 0.2) is 36.4 Å². The highest BCUT2D eigenvalue weighted by Gasteiger charge is 2.14.